The van der Waals surface area contributed by atoms with E-state index in [4.69, 9.17) is 20.6 Å². The Labute approximate surface area is 210 Å². The molecule has 3 rings (SSSR count). The summed E-state index contributed by atoms with van der Waals surface area (Å²) < 4.78 is 39.1. The molecule has 0 unspecified atom stereocenters. The summed E-state index contributed by atoms with van der Waals surface area (Å²) in [7, 11) is -1.34. The van der Waals surface area contributed by atoms with Gasteiger partial charge in [0.2, 0.25) is 21.8 Å². The van der Waals surface area contributed by atoms with E-state index in [1.54, 1.807) is 30.3 Å². The van der Waals surface area contributed by atoms with Crippen molar-refractivity contribution in [1.82, 2.24) is 14.9 Å². The highest BCUT2D eigenvalue weighted by atomic mass is 32.2. The van der Waals surface area contributed by atoms with Crippen molar-refractivity contribution in [3.8, 4) is 11.5 Å². The molecule has 36 heavy (non-hydrogen) atoms. The number of ether oxygens (including phenoxy) is 2. The molecule has 1 atom stereocenters. The third kappa shape index (κ3) is 6.73. The molecule has 2 aromatic carbocycles. The average Bonchev–Trinajstić information content (AvgIpc) is 3.03. The molecule has 0 bridgehead atoms. The third-order valence-corrected chi connectivity index (χ3v) is 7.32. The second kappa shape index (κ2) is 11.9. The Morgan fingerprint density at radius 2 is 1.86 bits per heavy atom. The van der Waals surface area contributed by atoms with E-state index >= 15 is 0 Å². The number of nitrogens with two attached hydrogens (primary N) is 1. The highest BCUT2D eigenvalue weighted by molar-refractivity contribution is 7.89. The lowest BCUT2D eigenvalue weighted by molar-refractivity contribution is -0.136. The molecule has 0 aromatic heterocycles. The summed E-state index contributed by atoms with van der Waals surface area (Å²) in [5.74, 6) is -0.411. The van der Waals surface area contributed by atoms with Crippen molar-refractivity contribution < 1.29 is 27.5 Å². The Morgan fingerprint density at radius 3 is 2.50 bits per heavy atom. The predicted octanol–water partition coefficient (Wildman–Crippen LogP) is 0.964. The first-order valence-corrected chi connectivity index (χ1v) is 12.9. The van der Waals surface area contributed by atoms with E-state index < -0.39 is 22.0 Å². The molecule has 1 fully saturated rings. The van der Waals surface area contributed by atoms with Crippen LogP contribution in [0.2, 0.25) is 0 Å². The summed E-state index contributed by atoms with van der Waals surface area (Å²) >= 11 is 0. The molecule has 2 aromatic rings. The molecule has 0 aliphatic carbocycles. The minimum absolute atomic E-state index is 0.0414. The Kier molecular flexibility index (Phi) is 8.88. The lowest BCUT2D eigenvalue weighted by atomic mass is 10.1. The van der Waals surface area contributed by atoms with Crippen LogP contribution in [0.5, 0.6) is 11.5 Å². The van der Waals surface area contributed by atoms with E-state index in [9.17, 15) is 18.0 Å². The van der Waals surface area contributed by atoms with E-state index in [0.29, 0.717) is 37.1 Å². The van der Waals surface area contributed by atoms with Crippen molar-refractivity contribution in [1.29, 1.82) is 5.41 Å². The van der Waals surface area contributed by atoms with Crippen molar-refractivity contribution in [3.05, 3.63) is 53.6 Å². The number of benzene rings is 2. The summed E-state index contributed by atoms with van der Waals surface area (Å²) in [5.41, 5.74) is 6.84. The number of likely N-dealkylation sites (tertiary alicyclic amines) is 1. The van der Waals surface area contributed by atoms with Crippen molar-refractivity contribution >= 4 is 27.7 Å². The number of carbonyl (C=O) groups is 2. The van der Waals surface area contributed by atoms with Gasteiger partial charge in [-0.1, -0.05) is 24.3 Å². The number of nitrogens with one attached hydrogen (secondary N) is 3. The first kappa shape index (κ1) is 27.0. The maximum atomic E-state index is 13.2. The van der Waals surface area contributed by atoms with E-state index in [-0.39, 0.29) is 35.5 Å². The Hall–Kier alpha value is -3.64. The summed E-state index contributed by atoms with van der Waals surface area (Å²) in [6.45, 7) is 0.399. The molecular weight excluding hydrogens is 486 g/mol. The molecule has 0 radical (unpaired) electrons. The number of nitrogen functional groups attached to an aromatic ring is 1. The SMILES string of the molecule is COc1ccc(OC)c(S(=O)(=O)N[C@H]2CCCCN(CC(=O)NCc3ccc(C(=N)N)cc3)C2=O)c1. The third-order valence-electron chi connectivity index (χ3n) is 5.83. The normalized spacial score (nSPS) is 16.2. The van der Waals surface area contributed by atoms with E-state index in [1.807, 2.05) is 0 Å². The fourth-order valence-electron chi connectivity index (χ4n) is 3.85. The van der Waals surface area contributed by atoms with Gasteiger partial charge < -0.3 is 25.4 Å². The quantitative estimate of drug-likeness (QED) is 0.269. The lowest BCUT2D eigenvalue weighted by Crippen LogP contribution is -2.49. The lowest BCUT2D eigenvalue weighted by Gasteiger charge is -2.24. The van der Waals surface area contributed by atoms with Gasteiger partial charge in [-0.15, -0.1) is 0 Å². The van der Waals surface area contributed by atoms with Crippen LogP contribution in [0.3, 0.4) is 0 Å². The standard InChI is InChI=1S/C24H31N5O6S/c1-34-18-10-11-20(35-2)21(13-18)36(32,33)28-19-5-3-4-12-29(24(19)31)15-22(30)27-14-16-6-8-17(9-7-16)23(25)26/h6-11,13,19,28H,3-5,12,14-15H2,1-2H3,(H3,25,26)(H,27,30)/t19-/m0/s1. The average molecular weight is 518 g/mol. The highest BCUT2D eigenvalue weighted by Gasteiger charge is 2.33. The van der Waals surface area contributed by atoms with Crippen LogP contribution in [0.15, 0.2) is 47.4 Å². The number of nitrogens with zero attached hydrogens (tertiary/aromatic N) is 1. The molecule has 194 valence electrons. The van der Waals surface area contributed by atoms with E-state index in [0.717, 1.165) is 5.56 Å². The van der Waals surface area contributed by atoms with Gasteiger partial charge >= 0.3 is 0 Å². The summed E-state index contributed by atoms with van der Waals surface area (Å²) in [6, 6.07) is 10.3. The second-order valence-corrected chi connectivity index (χ2v) is 10.0. The summed E-state index contributed by atoms with van der Waals surface area (Å²) in [4.78, 5) is 27.0. The molecule has 1 aliphatic heterocycles. The van der Waals surface area contributed by atoms with Crippen LogP contribution < -0.4 is 25.2 Å². The minimum Gasteiger partial charge on any atom is -0.497 e. The van der Waals surface area contributed by atoms with Gasteiger partial charge in [-0.3, -0.25) is 15.0 Å². The fourth-order valence-corrected chi connectivity index (χ4v) is 5.26. The molecule has 1 saturated heterocycles. The second-order valence-electron chi connectivity index (χ2n) is 8.33. The van der Waals surface area contributed by atoms with Crippen molar-refractivity contribution in [2.75, 3.05) is 27.3 Å². The summed E-state index contributed by atoms with van der Waals surface area (Å²) in [6.07, 6.45) is 1.58. The predicted molar refractivity (Wildman–Crippen MR) is 133 cm³/mol. The number of methoxy groups -OCH3 is 2. The highest BCUT2D eigenvalue weighted by Crippen LogP contribution is 2.28. The fraction of sp³-hybridized carbons (Fsp3) is 0.375. The summed E-state index contributed by atoms with van der Waals surface area (Å²) in [5, 5.41) is 10.2. The van der Waals surface area contributed by atoms with Gasteiger partial charge in [-0.2, -0.15) is 4.72 Å². The van der Waals surface area contributed by atoms with Gasteiger partial charge in [0.05, 0.1) is 20.8 Å². The zero-order valence-corrected chi connectivity index (χ0v) is 21.1. The van der Waals surface area contributed by atoms with Crippen molar-refractivity contribution in [3.63, 3.8) is 0 Å². The molecule has 1 heterocycles. The van der Waals surface area contributed by atoms with Gasteiger partial charge in [0.1, 0.15) is 28.3 Å². The monoisotopic (exact) mass is 517 g/mol. The molecular formula is C24H31N5O6S. The van der Waals surface area contributed by atoms with Gasteiger partial charge in [0.25, 0.3) is 0 Å². The Balaban J connectivity index is 1.66. The number of carbonyl (C=O) groups excluding carboxylic acids is 2. The number of sulfonamides is 1. The topological polar surface area (TPSA) is 164 Å². The molecule has 0 spiro atoms. The van der Waals surface area contributed by atoms with Crippen LogP contribution in [0.1, 0.15) is 30.4 Å². The minimum atomic E-state index is -4.12. The smallest absolute Gasteiger partial charge is 0.245 e. The first-order valence-electron chi connectivity index (χ1n) is 11.4. The number of rotatable bonds is 10. The van der Waals surface area contributed by atoms with Crippen LogP contribution >= 0.6 is 0 Å². The molecule has 1 aliphatic rings. The van der Waals surface area contributed by atoms with Crippen LogP contribution in [0.25, 0.3) is 0 Å². The van der Waals surface area contributed by atoms with Gasteiger partial charge in [-0.25, -0.2) is 8.42 Å². The van der Waals surface area contributed by atoms with Gasteiger partial charge in [0.15, 0.2) is 0 Å². The van der Waals surface area contributed by atoms with Crippen molar-refractivity contribution in [2.45, 2.75) is 36.7 Å². The largest absolute Gasteiger partial charge is 0.497 e. The number of hydrogen-bond acceptors (Lipinski definition) is 7. The molecule has 11 nitrogen and oxygen atoms in total. The number of amidine groups is 1. The number of hydrogen-bond donors (Lipinski definition) is 4. The molecule has 2 amide bonds. The van der Waals surface area contributed by atoms with Crippen LogP contribution in [0, 0.1) is 5.41 Å². The Bertz CT molecular complexity index is 1220. The molecule has 5 N–H and O–H groups in total. The first-order chi connectivity index (χ1) is 17.1. The maximum absolute atomic E-state index is 13.2. The maximum Gasteiger partial charge on any atom is 0.245 e. The van der Waals surface area contributed by atoms with E-state index in [2.05, 4.69) is 10.0 Å². The van der Waals surface area contributed by atoms with Crippen molar-refractivity contribution in [2.24, 2.45) is 5.73 Å². The zero-order valence-electron chi connectivity index (χ0n) is 20.2. The molecule has 12 heteroatoms. The van der Waals surface area contributed by atoms with Gasteiger partial charge in [-0.05, 0) is 37.0 Å². The molecule has 0 saturated carbocycles. The van der Waals surface area contributed by atoms with Crippen LogP contribution in [0.4, 0.5) is 0 Å². The van der Waals surface area contributed by atoms with Gasteiger partial charge in [0, 0.05) is 24.7 Å². The van der Waals surface area contributed by atoms with Crippen LogP contribution in [-0.2, 0) is 26.2 Å². The zero-order chi connectivity index (χ0) is 26.3. The van der Waals surface area contributed by atoms with E-state index in [1.165, 1.54) is 31.3 Å². The number of amides is 2. The Morgan fingerprint density at radius 1 is 1.14 bits per heavy atom. The van der Waals surface area contributed by atoms with Crippen LogP contribution in [-0.4, -0.2) is 64.3 Å².